The average molecular weight is 407 g/mol. The molecule has 2 heteroatoms. The summed E-state index contributed by atoms with van der Waals surface area (Å²) in [5.74, 6) is 5.21. The summed E-state index contributed by atoms with van der Waals surface area (Å²) in [6.45, 7) is 2.38. The summed E-state index contributed by atoms with van der Waals surface area (Å²) >= 11 is 0. The fourth-order valence-electron chi connectivity index (χ4n) is 5.92. The van der Waals surface area contributed by atoms with E-state index in [9.17, 15) is 0 Å². The maximum absolute atomic E-state index is 7.85. The third-order valence-corrected chi connectivity index (χ3v) is 7.69. The molecule has 3 fully saturated rings. The van der Waals surface area contributed by atoms with Gasteiger partial charge in [-0.1, -0.05) is 90.4 Å². The van der Waals surface area contributed by atoms with Crippen molar-refractivity contribution in [2.45, 2.75) is 109 Å². The van der Waals surface area contributed by atoms with Crippen LogP contribution in [0.15, 0.2) is 0 Å². The molecule has 1 N–H and O–H groups in total. The Hall–Kier alpha value is 1.06. The second kappa shape index (κ2) is 11.0. The number of hydrogen-bond acceptors (Lipinski definition) is 0. The molecule has 0 bridgehead atoms. The Balaban J connectivity index is 0.00000208. The van der Waals surface area contributed by atoms with Gasteiger partial charge in [-0.25, -0.2) is 0 Å². The van der Waals surface area contributed by atoms with Crippen LogP contribution in [-0.2, 0) is 32.7 Å². The summed E-state index contributed by atoms with van der Waals surface area (Å²) in [5.41, 5.74) is 7.85. The van der Waals surface area contributed by atoms with Crippen LogP contribution in [0.4, 0.5) is 0 Å². The maximum atomic E-state index is 7.85. The molecule has 1 nitrogen and oxygen atoms in total. The molecule has 24 heavy (non-hydrogen) atoms. The van der Waals surface area contributed by atoms with Gasteiger partial charge >= 0.3 is 0 Å². The first-order valence-corrected chi connectivity index (χ1v) is 10.9. The van der Waals surface area contributed by atoms with Crippen molar-refractivity contribution in [3.63, 3.8) is 0 Å². The van der Waals surface area contributed by atoms with Crippen molar-refractivity contribution in [1.82, 2.24) is 0 Å². The maximum Gasteiger partial charge on any atom is 0 e. The van der Waals surface area contributed by atoms with Gasteiger partial charge in [0.25, 0.3) is 0 Å². The van der Waals surface area contributed by atoms with E-state index in [0.717, 1.165) is 29.6 Å². The van der Waals surface area contributed by atoms with Gasteiger partial charge in [0.15, 0.2) is 0 Å². The Bertz CT molecular complexity index is 321. The van der Waals surface area contributed by atoms with Crippen molar-refractivity contribution >= 4 is 0 Å². The SMILES string of the molecule is CCC1CCC(CC2CCC(CC3CCC([NH-])CC3)CC2)CC1.[Y]. The van der Waals surface area contributed by atoms with E-state index in [4.69, 9.17) is 5.73 Å². The van der Waals surface area contributed by atoms with Gasteiger partial charge in [0, 0.05) is 32.7 Å². The molecule has 0 heterocycles. The summed E-state index contributed by atoms with van der Waals surface area (Å²) in [6.07, 6.45) is 21.8. The molecular formula is C22H40NY-. The molecule has 0 aromatic carbocycles. The van der Waals surface area contributed by atoms with Crippen LogP contribution in [0.5, 0.6) is 0 Å². The first-order valence-electron chi connectivity index (χ1n) is 10.9. The largest absolute Gasteiger partial charge is 0.675 e. The summed E-state index contributed by atoms with van der Waals surface area (Å²) in [6, 6.07) is 0.268. The quantitative estimate of drug-likeness (QED) is 0.453. The van der Waals surface area contributed by atoms with E-state index in [1.807, 2.05) is 0 Å². The van der Waals surface area contributed by atoms with Crippen molar-refractivity contribution in [3.05, 3.63) is 5.73 Å². The smallest absolute Gasteiger partial charge is 0 e. The standard InChI is InChI=1S/C22H40N.Y/c1-2-17-3-5-18(6-4-17)15-19-7-9-20(10-8-19)16-21-11-13-22(23)14-12-21;/h17-23H,2-16H2,1H3;/q-1;. The molecule has 3 saturated carbocycles. The Kier molecular flexibility index (Phi) is 9.82. The zero-order valence-corrected chi connectivity index (χ0v) is 19.0. The fraction of sp³-hybridized carbons (Fsp3) is 1.00. The van der Waals surface area contributed by atoms with Crippen LogP contribution in [0, 0.1) is 29.6 Å². The molecule has 1 radical (unpaired) electrons. The normalized spacial score (nSPS) is 40.8. The Morgan fingerprint density at radius 1 is 0.542 bits per heavy atom. The van der Waals surface area contributed by atoms with Crippen LogP contribution in [0.3, 0.4) is 0 Å². The summed E-state index contributed by atoms with van der Waals surface area (Å²) in [4.78, 5) is 0. The monoisotopic (exact) mass is 407 g/mol. The van der Waals surface area contributed by atoms with E-state index >= 15 is 0 Å². The van der Waals surface area contributed by atoms with Crippen molar-refractivity contribution in [1.29, 1.82) is 0 Å². The first kappa shape index (κ1) is 21.4. The van der Waals surface area contributed by atoms with E-state index < -0.39 is 0 Å². The predicted molar refractivity (Wildman–Crippen MR) is 100 cm³/mol. The van der Waals surface area contributed by atoms with Gasteiger partial charge in [-0.15, -0.1) is 6.04 Å². The molecule has 0 spiro atoms. The molecule has 3 rings (SSSR count). The van der Waals surface area contributed by atoms with Crippen molar-refractivity contribution in [2.75, 3.05) is 0 Å². The van der Waals surface area contributed by atoms with Crippen molar-refractivity contribution in [3.8, 4) is 0 Å². The van der Waals surface area contributed by atoms with Gasteiger partial charge in [0.2, 0.25) is 0 Å². The van der Waals surface area contributed by atoms with E-state index in [1.165, 1.54) is 89.9 Å². The molecular weight excluding hydrogens is 367 g/mol. The molecule has 0 aromatic rings. The third kappa shape index (κ3) is 6.66. The third-order valence-electron chi connectivity index (χ3n) is 7.69. The van der Waals surface area contributed by atoms with E-state index in [2.05, 4.69) is 6.92 Å². The summed E-state index contributed by atoms with van der Waals surface area (Å²) in [5, 5.41) is 0. The topological polar surface area (TPSA) is 23.8 Å². The van der Waals surface area contributed by atoms with Crippen LogP contribution < -0.4 is 0 Å². The minimum absolute atomic E-state index is 0. The van der Waals surface area contributed by atoms with Gasteiger partial charge in [-0.05, 0) is 42.4 Å². The fourth-order valence-corrected chi connectivity index (χ4v) is 5.92. The van der Waals surface area contributed by atoms with Crippen LogP contribution in [0.25, 0.3) is 5.73 Å². The van der Waals surface area contributed by atoms with Gasteiger partial charge in [0.05, 0.1) is 0 Å². The summed E-state index contributed by atoms with van der Waals surface area (Å²) < 4.78 is 0. The summed E-state index contributed by atoms with van der Waals surface area (Å²) in [7, 11) is 0. The van der Waals surface area contributed by atoms with Crippen LogP contribution in [0.1, 0.15) is 103 Å². The van der Waals surface area contributed by atoms with E-state index in [-0.39, 0.29) is 38.8 Å². The first-order chi connectivity index (χ1) is 11.2. The van der Waals surface area contributed by atoms with Crippen LogP contribution in [0.2, 0.25) is 0 Å². The molecule has 0 amide bonds. The molecule has 0 unspecified atom stereocenters. The molecule has 137 valence electrons. The zero-order valence-electron chi connectivity index (χ0n) is 16.1. The van der Waals surface area contributed by atoms with Gasteiger partial charge in [-0.2, -0.15) is 0 Å². The minimum Gasteiger partial charge on any atom is -0.675 e. The minimum atomic E-state index is 0. The predicted octanol–water partition coefficient (Wildman–Crippen LogP) is 7.40. The molecule has 3 aliphatic carbocycles. The Labute approximate surface area is 176 Å². The zero-order chi connectivity index (χ0) is 16.1. The Morgan fingerprint density at radius 2 is 0.833 bits per heavy atom. The van der Waals surface area contributed by atoms with Crippen LogP contribution in [-0.4, -0.2) is 6.04 Å². The molecule has 0 aliphatic heterocycles. The molecule has 0 saturated heterocycles. The molecule has 0 aromatic heterocycles. The second-order valence-electron chi connectivity index (χ2n) is 9.37. The van der Waals surface area contributed by atoms with Crippen molar-refractivity contribution < 1.29 is 32.7 Å². The van der Waals surface area contributed by atoms with E-state index in [0.29, 0.717) is 0 Å². The van der Waals surface area contributed by atoms with Gasteiger partial charge in [0.1, 0.15) is 0 Å². The van der Waals surface area contributed by atoms with Crippen molar-refractivity contribution in [2.24, 2.45) is 29.6 Å². The number of hydrogen-bond donors (Lipinski definition) is 0. The average Bonchev–Trinajstić information content (AvgIpc) is 2.59. The number of rotatable bonds is 5. The van der Waals surface area contributed by atoms with E-state index in [1.54, 1.807) is 6.42 Å². The van der Waals surface area contributed by atoms with Crippen LogP contribution >= 0.6 is 0 Å². The Morgan fingerprint density at radius 3 is 1.17 bits per heavy atom. The second-order valence-corrected chi connectivity index (χ2v) is 9.37. The van der Waals surface area contributed by atoms with Gasteiger partial charge < -0.3 is 5.73 Å². The van der Waals surface area contributed by atoms with Gasteiger partial charge in [-0.3, -0.25) is 0 Å². The number of nitrogens with one attached hydrogen (secondary N) is 1. The molecule has 0 atom stereocenters. The molecule has 3 aliphatic rings.